The highest BCUT2D eigenvalue weighted by atomic mass is 32.1. The van der Waals surface area contributed by atoms with E-state index in [-0.39, 0.29) is 11.8 Å². The summed E-state index contributed by atoms with van der Waals surface area (Å²) < 4.78 is 0. The predicted molar refractivity (Wildman–Crippen MR) is 87.6 cm³/mol. The number of aliphatic carboxylic acids is 1. The van der Waals surface area contributed by atoms with Crippen LogP contribution in [0.15, 0.2) is 17.8 Å². The summed E-state index contributed by atoms with van der Waals surface area (Å²) >= 11 is 1.56. The van der Waals surface area contributed by atoms with Crippen LogP contribution < -0.4 is 10.2 Å². The number of piperidine rings is 1. The van der Waals surface area contributed by atoms with Crippen LogP contribution in [0.3, 0.4) is 0 Å². The van der Waals surface area contributed by atoms with Crippen LogP contribution in [-0.4, -0.2) is 46.1 Å². The van der Waals surface area contributed by atoms with Crippen LogP contribution in [0.5, 0.6) is 0 Å². The van der Waals surface area contributed by atoms with Crippen LogP contribution in [0, 0.1) is 5.92 Å². The van der Waals surface area contributed by atoms with Crippen molar-refractivity contribution in [2.75, 3.05) is 18.0 Å². The molecule has 0 aromatic carbocycles. The van der Waals surface area contributed by atoms with Gasteiger partial charge in [0.15, 0.2) is 0 Å². The molecule has 0 aliphatic carbocycles. The summed E-state index contributed by atoms with van der Waals surface area (Å²) in [6, 6.07) is 1.12. The Bertz CT molecular complexity index is 732. The lowest BCUT2D eigenvalue weighted by atomic mass is 9.96. The molecule has 1 fully saturated rings. The van der Waals surface area contributed by atoms with E-state index in [0.717, 1.165) is 35.4 Å². The Morgan fingerprint density at radius 2 is 2.30 bits per heavy atom. The Balaban J connectivity index is 1.74. The number of carboxylic acid groups (broad SMARTS) is 1. The molecule has 2 unspecified atom stereocenters. The zero-order chi connectivity index (χ0) is 16.4. The number of fused-ring (bicyclic) bond motifs is 1. The minimum Gasteiger partial charge on any atom is -0.480 e. The largest absolute Gasteiger partial charge is 0.480 e. The Kier molecular flexibility index (Phi) is 4.42. The number of carboxylic acids is 1. The predicted octanol–water partition coefficient (Wildman–Crippen LogP) is 1.50. The Labute approximate surface area is 137 Å². The van der Waals surface area contributed by atoms with Crippen molar-refractivity contribution < 1.29 is 14.7 Å². The summed E-state index contributed by atoms with van der Waals surface area (Å²) in [5.41, 5.74) is 0. The van der Waals surface area contributed by atoms with Gasteiger partial charge < -0.3 is 15.3 Å². The summed E-state index contributed by atoms with van der Waals surface area (Å²) in [5, 5.41) is 14.4. The third kappa shape index (κ3) is 3.26. The lowest BCUT2D eigenvalue weighted by Gasteiger charge is -2.33. The maximum atomic E-state index is 12.3. The second-order valence-electron chi connectivity index (χ2n) is 5.69. The van der Waals surface area contributed by atoms with Gasteiger partial charge in [-0.05, 0) is 31.2 Å². The molecule has 1 amide bonds. The zero-order valence-corrected chi connectivity index (χ0v) is 13.5. The zero-order valence-electron chi connectivity index (χ0n) is 12.7. The van der Waals surface area contributed by atoms with Gasteiger partial charge in [0.05, 0.1) is 11.3 Å². The molecule has 3 heterocycles. The normalized spacial score (nSPS) is 19.5. The number of carbonyl (C=O) groups excluding carboxylic acids is 1. The first-order chi connectivity index (χ1) is 11.1. The van der Waals surface area contributed by atoms with Crippen LogP contribution in [-0.2, 0) is 9.59 Å². The van der Waals surface area contributed by atoms with Crippen LogP contribution in [0.1, 0.15) is 19.8 Å². The molecule has 0 radical (unpaired) electrons. The first-order valence-corrected chi connectivity index (χ1v) is 8.40. The fraction of sp³-hybridized carbons (Fsp3) is 0.467. The standard InChI is InChI=1S/C15H18N4O3S/c1-9(15(21)22)18-13(20)10-3-2-5-19(7-10)12-11-4-6-23-14(11)17-8-16-12/h4,6,8-10H,2-3,5,7H2,1H3,(H,18,20)(H,21,22). The van der Waals surface area contributed by atoms with Crippen LogP contribution >= 0.6 is 11.3 Å². The van der Waals surface area contributed by atoms with Crippen molar-refractivity contribution in [1.29, 1.82) is 0 Å². The topological polar surface area (TPSA) is 95.4 Å². The van der Waals surface area contributed by atoms with Gasteiger partial charge in [-0.3, -0.25) is 9.59 Å². The highest BCUT2D eigenvalue weighted by molar-refractivity contribution is 7.16. The number of nitrogens with one attached hydrogen (secondary N) is 1. The molecule has 7 nitrogen and oxygen atoms in total. The second-order valence-corrected chi connectivity index (χ2v) is 6.58. The van der Waals surface area contributed by atoms with Crippen molar-refractivity contribution in [2.45, 2.75) is 25.8 Å². The molecular formula is C15H18N4O3S. The number of nitrogens with zero attached hydrogens (tertiary/aromatic N) is 3. The molecule has 1 saturated heterocycles. The van der Waals surface area contributed by atoms with Gasteiger partial charge in [0.1, 0.15) is 23.0 Å². The molecule has 2 aromatic heterocycles. The smallest absolute Gasteiger partial charge is 0.325 e. The van der Waals surface area contributed by atoms with E-state index in [1.54, 1.807) is 17.7 Å². The Morgan fingerprint density at radius 1 is 1.48 bits per heavy atom. The highest BCUT2D eigenvalue weighted by Crippen LogP contribution is 2.29. The molecule has 0 bridgehead atoms. The summed E-state index contributed by atoms with van der Waals surface area (Å²) in [6.45, 7) is 2.85. The summed E-state index contributed by atoms with van der Waals surface area (Å²) in [6.07, 6.45) is 3.17. The second kappa shape index (κ2) is 6.49. The van der Waals surface area contributed by atoms with E-state index < -0.39 is 12.0 Å². The molecular weight excluding hydrogens is 316 g/mol. The van der Waals surface area contributed by atoms with Crippen LogP contribution in [0.4, 0.5) is 5.82 Å². The first-order valence-electron chi connectivity index (χ1n) is 7.52. The van der Waals surface area contributed by atoms with Gasteiger partial charge in [-0.1, -0.05) is 0 Å². The quantitative estimate of drug-likeness (QED) is 0.880. The lowest BCUT2D eigenvalue weighted by Crippen LogP contribution is -2.47. The molecule has 0 saturated carbocycles. The number of hydrogen-bond acceptors (Lipinski definition) is 6. The molecule has 8 heteroatoms. The average Bonchev–Trinajstić information content (AvgIpc) is 3.03. The fourth-order valence-electron chi connectivity index (χ4n) is 2.81. The van der Waals surface area contributed by atoms with Crippen molar-refractivity contribution in [3.8, 4) is 0 Å². The molecule has 2 atom stereocenters. The number of carbonyl (C=O) groups is 2. The van der Waals surface area contributed by atoms with Crippen molar-refractivity contribution in [1.82, 2.24) is 15.3 Å². The van der Waals surface area contributed by atoms with Gasteiger partial charge in [-0.2, -0.15) is 0 Å². The number of hydrogen-bond donors (Lipinski definition) is 2. The van der Waals surface area contributed by atoms with Gasteiger partial charge in [-0.25, -0.2) is 9.97 Å². The SMILES string of the molecule is CC(NC(=O)C1CCCN(c2ncnc3sccc23)C1)C(=O)O. The minimum atomic E-state index is -1.03. The van der Waals surface area contributed by atoms with E-state index in [0.29, 0.717) is 6.54 Å². The molecule has 0 spiro atoms. The molecule has 1 aliphatic heterocycles. The third-order valence-electron chi connectivity index (χ3n) is 4.06. The molecule has 2 aromatic rings. The van der Waals surface area contributed by atoms with Crippen LogP contribution in [0.25, 0.3) is 10.2 Å². The summed E-state index contributed by atoms with van der Waals surface area (Å²) in [4.78, 5) is 34.8. The van der Waals surface area contributed by atoms with E-state index in [1.165, 1.54) is 6.92 Å². The minimum absolute atomic E-state index is 0.208. The van der Waals surface area contributed by atoms with Gasteiger partial charge in [0.25, 0.3) is 0 Å². The van der Waals surface area contributed by atoms with Crippen molar-refractivity contribution in [3.63, 3.8) is 0 Å². The maximum Gasteiger partial charge on any atom is 0.325 e. The number of rotatable bonds is 4. The van der Waals surface area contributed by atoms with Gasteiger partial charge in [-0.15, -0.1) is 11.3 Å². The molecule has 2 N–H and O–H groups in total. The van der Waals surface area contributed by atoms with E-state index in [9.17, 15) is 9.59 Å². The van der Waals surface area contributed by atoms with Gasteiger partial charge in [0.2, 0.25) is 5.91 Å². The van der Waals surface area contributed by atoms with Gasteiger partial charge in [0, 0.05) is 13.1 Å². The van der Waals surface area contributed by atoms with Gasteiger partial charge >= 0.3 is 5.97 Å². The molecule has 3 rings (SSSR count). The average molecular weight is 334 g/mol. The van der Waals surface area contributed by atoms with Crippen molar-refractivity contribution in [3.05, 3.63) is 17.8 Å². The van der Waals surface area contributed by atoms with Crippen molar-refractivity contribution in [2.24, 2.45) is 5.92 Å². The summed E-state index contributed by atoms with van der Waals surface area (Å²) in [7, 11) is 0. The Morgan fingerprint density at radius 3 is 3.09 bits per heavy atom. The molecule has 122 valence electrons. The fourth-order valence-corrected chi connectivity index (χ4v) is 3.53. The van der Waals surface area contributed by atoms with E-state index in [1.807, 2.05) is 11.4 Å². The summed E-state index contributed by atoms with van der Waals surface area (Å²) in [5.74, 6) is -0.615. The lowest BCUT2D eigenvalue weighted by molar-refractivity contribution is -0.142. The number of amides is 1. The number of anilines is 1. The molecule has 1 aliphatic rings. The van der Waals surface area contributed by atoms with E-state index >= 15 is 0 Å². The monoisotopic (exact) mass is 334 g/mol. The highest BCUT2D eigenvalue weighted by Gasteiger charge is 2.29. The first kappa shape index (κ1) is 15.7. The number of aromatic nitrogens is 2. The van der Waals surface area contributed by atoms with E-state index in [4.69, 9.17) is 5.11 Å². The maximum absolute atomic E-state index is 12.3. The van der Waals surface area contributed by atoms with Crippen LogP contribution in [0.2, 0.25) is 0 Å². The number of thiophene rings is 1. The Hall–Kier alpha value is -2.22. The molecule has 23 heavy (non-hydrogen) atoms. The third-order valence-corrected chi connectivity index (χ3v) is 4.88. The van der Waals surface area contributed by atoms with E-state index in [2.05, 4.69) is 20.2 Å². The van der Waals surface area contributed by atoms with Crippen molar-refractivity contribution >= 4 is 39.2 Å².